The first-order valence-electron chi connectivity index (χ1n) is 10.8. The third kappa shape index (κ3) is 5.06. The zero-order chi connectivity index (χ0) is 22.5. The molecule has 4 rings (SSSR count). The van der Waals surface area contributed by atoms with E-state index in [1.54, 1.807) is 17.0 Å². The molecule has 2 aromatic carbocycles. The van der Waals surface area contributed by atoms with Crippen LogP contribution < -0.4 is 10.5 Å². The summed E-state index contributed by atoms with van der Waals surface area (Å²) in [6, 6.07) is 13.8. The Balaban J connectivity index is 1.50. The first-order valence-corrected chi connectivity index (χ1v) is 10.8. The van der Waals surface area contributed by atoms with E-state index in [-0.39, 0.29) is 5.76 Å². The Morgan fingerprint density at radius 3 is 2.62 bits per heavy atom. The fourth-order valence-corrected chi connectivity index (χ4v) is 3.58. The van der Waals surface area contributed by atoms with Crippen molar-refractivity contribution in [1.29, 1.82) is 0 Å². The normalized spacial score (nSPS) is 11.4. The number of benzene rings is 2. The Hall–Kier alpha value is -3.45. The molecule has 0 N–H and O–H groups in total. The van der Waals surface area contributed by atoms with Crippen LogP contribution >= 0.6 is 0 Å². The maximum absolute atomic E-state index is 12.4. The minimum absolute atomic E-state index is 0.356. The van der Waals surface area contributed by atoms with Crippen LogP contribution in [0.25, 0.3) is 22.5 Å². The van der Waals surface area contributed by atoms with Gasteiger partial charge in [0.25, 0.3) is 0 Å². The summed E-state index contributed by atoms with van der Waals surface area (Å²) in [5, 5.41) is 0. The third-order valence-corrected chi connectivity index (χ3v) is 5.31. The minimum Gasteiger partial charge on any atom is -0.490 e. The van der Waals surface area contributed by atoms with Crippen LogP contribution in [0.5, 0.6) is 5.75 Å². The molecule has 0 aliphatic rings. The number of hydrogen-bond donors (Lipinski definition) is 0. The smallest absolute Gasteiger partial charge is 0.420 e. The topological polar surface area (TPSA) is 73.4 Å². The van der Waals surface area contributed by atoms with Gasteiger partial charge in [-0.05, 0) is 56.3 Å². The lowest BCUT2D eigenvalue weighted by Crippen LogP contribution is -2.15. The van der Waals surface area contributed by atoms with Crippen LogP contribution in [-0.4, -0.2) is 46.7 Å². The summed E-state index contributed by atoms with van der Waals surface area (Å²) < 4.78 is 12.8. The lowest BCUT2D eigenvalue weighted by molar-refractivity contribution is 0.280. The fourth-order valence-electron chi connectivity index (χ4n) is 3.58. The molecule has 32 heavy (non-hydrogen) atoms. The van der Waals surface area contributed by atoms with Crippen molar-refractivity contribution < 1.29 is 9.15 Å². The predicted octanol–water partition coefficient (Wildman–Crippen LogP) is 3.99. The van der Waals surface area contributed by atoms with Crippen molar-refractivity contribution in [2.24, 2.45) is 0 Å². The standard InChI is InChI=1S/C25H28N4O3/c1-4-18-9-10-23-22(14-18)29(25(30)32-23)17-19-7-5-8-20(13-19)24-26-15-21(16-27-24)31-12-6-11-28(2)3/h5,7-10,13-16H,4,6,11-12,17H2,1-3H3. The first-order chi connectivity index (χ1) is 15.5. The molecule has 0 aliphatic heterocycles. The van der Waals surface area contributed by atoms with Crippen LogP contribution in [0.2, 0.25) is 0 Å². The molecule has 4 aromatic rings. The molecule has 0 fully saturated rings. The van der Waals surface area contributed by atoms with E-state index in [2.05, 4.69) is 21.8 Å². The number of ether oxygens (including phenoxy) is 1. The van der Waals surface area contributed by atoms with Gasteiger partial charge in [-0.2, -0.15) is 0 Å². The molecule has 0 spiro atoms. The second kappa shape index (κ2) is 9.78. The maximum Gasteiger partial charge on any atom is 0.420 e. The van der Waals surface area contributed by atoms with Crippen molar-refractivity contribution in [2.45, 2.75) is 26.3 Å². The molecule has 166 valence electrons. The molecule has 2 heterocycles. The van der Waals surface area contributed by atoms with Gasteiger partial charge in [0.05, 0.1) is 31.1 Å². The summed E-state index contributed by atoms with van der Waals surface area (Å²) in [7, 11) is 4.08. The second-order valence-corrected chi connectivity index (χ2v) is 8.06. The highest BCUT2D eigenvalue weighted by Gasteiger charge is 2.11. The number of rotatable bonds is 9. The Morgan fingerprint density at radius 2 is 1.88 bits per heavy atom. The van der Waals surface area contributed by atoms with E-state index in [0.29, 0.717) is 30.3 Å². The van der Waals surface area contributed by atoms with Crippen LogP contribution in [0, 0.1) is 0 Å². The van der Waals surface area contributed by atoms with Gasteiger partial charge in [0, 0.05) is 12.1 Å². The van der Waals surface area contributed by atoms with E-state index >= 15 is 0 Å². The largest absolute Gasteiger partial charge is 0.490 e. The van der Waals surface area contributed by atoms with Crippen molar-refractivity contribution in [3.63, 3.8) is 0 Å². The monoisotopic (exact) mass is 432 g/mol. The number of oxazole rings is 1. The van der Waals surface area contributed by atoms with Gasteiger partial charge in [0.15, 0.2) is 17.2 Å². The number of hydrogen-bond acceptors (Lipinski definition) is 6. The molecule has 2 aromatic heterocycles. The average Bonchev–Trinajstić information content (AvgIpc) is 3.11. The maximum atomic E-state index is 12.4. The Kier molecular flexibility index (Phi) is 6.66. The summed E-state index contributed by atoms with van der Waals surface area (Å²) in [5.41, 5.74) is 4.44. The summed E-state index contributed by atoms with van der Waals surface area (Å²) in [5.74, 6) is 0.919. The Bertz CT molecular complexity index is 1240. The van der Waals surface area contributed by atoms with Crippen LogP contribution in [0.3, 0.4) is 0 Å². The van der Waals surface area contributed by atoms with E-state index in [0.717, 1.165) is 36.0 Å². The number of nitrogens with zero attached hydrogens (tertiary/aromatic N) is 4. The molecular weight excluding hydrogens is 404 g/mol. The molecule has 7 heteroatoms. The second-order valence-electron chi connectivity index (χ2n) is 8.06. The van der Waals surface area contributed by atoms with Crippen LogP contribution in [-0.2, 0) is 13.0 Å². The number of fused-ring (bicyclic) bond motifs is 1. The van der Waals surface area contributed by atoms with Crippen molar-refractivity contribution in [3.8, 4) is 17.1 Å². The predicted molar refractivity (Wildman–Crippen MR) is 125 cm³/mol. The van der Waals surface area contributed by atoms with Gasteiger partial charge in [-0.3, -0.25) is 4.57 Å². The fraction of sp³-hybridized carbons (Fsp3) is 0.320. The van der Waals surface area contributed by atoms with E-state index in [1.807, 2.05) is 56.6 Å². The Labute approximate surface area is 187 Å². The summed E-state index contributed by atoms with van der Waals surface area (Å²) in [6.45, 7) is 4.11. The molecule has 0 amide bonds. The highest BCUT2D eigenvalue weighted by molar-refractivity contribution is 5.74. The van der Waals surface area contributed by atoms with Gasteiger partial charge in [0.2, 0.25) is 0 Å². The van der Waals surface area contributed by atoms with E-state index in [1.165, 1.54) is 5.56 Å². The van der Waals surface area contributed by atoms with E-state index < -0.39 is 0 Å². The SMILES string of the molecule is CCc1ccc2oc(=O)n(Cc3cccc(-c4ncc(OCCCN(C)C)cn4)c3)c2c1. The van der Waals surface area contributed by atoms with Crippen LogP contribution in [0.15, 0.2) is 64.1 Å². The van der Waals surface area contributed by atoms with Gasteiger partial charge in [-0.15, -0.1) is 0 Å². The molecule has 0 unspecified atom stereocenters. The molecule has 0 atom stereocenters. The van der Waals surface area contributed by atoms with Crippen LogP contribution in [0.4, 0.5) is 0 Å². The van der Waals surface area contributed by atoms with Crippen molar-refractivity contribution in [2.75, 3.05) is 27.2 Å². The highest BCUT2D eigenvalue weighted by Crippen LogP contribution is 2.21. The average molecular weight is 433 g/mol. The van der Waals surface area contributed by atoms with Gasteiger partial charge < -0.3 is 14.1 Å². The lowest BCUT2D eigenvalue weighted by atomic mass is 10.1. The molecule has 0 saturated carbocycles. The molecule has 0 bridgehead atoms. The lowest BCUT2D eigenvalue weighted by Gasteiger charge is -2.10. The Morgan fingerprint density at radius 1 is 1.06 bits per heavy atom. The van der Waals surface area contributed by atoms with E-state index in [9.17, 15) is 4.79 Å². The van der Waals surface area contributed by atoms with Crippen molar-refractivity contribution in [1.82, 2.24) is 19.4 Å². The zero-order valence-electron chi connectivity index (χ0n) is 18.7. The summed E-state index contributed by atoms with van der Waals surface area (Å²) in [6.07, 6.45) is 5.24. The van der Waals surface area contributed by atoms with Gasteiger partial charge >= 0.3 is 5.76 Å². The van der Waals surface area contributed by atoms with Crippen molar-refractivity contribution >= 4 is 11.1 Å². The van der Waals surface area contributed by atoms with Crippen LogP contribution in [0.1, 0.15) is 24.5 Å². The molecule has 0 saturated heterocycles. The number of aromatic nitrogens is 3. The molecule has 7 nitrogen and oxygen atoms in total. The first kappa shape index (κ1) is 21.8. The summed E-state index contributed by atoms with van der Waals surface area (Å²) >= 11 is 0. The zero-order valence-corrected chi connectivity index (χ0v) is 18.7. The quantitative estimate of drug-likeness (QED) is 0.372. The van der Waals surface area contributed by atoms with Gasteiger partial charge in [-0.25, -0.2) is 14.8 Å². The van der Waals surface area contributed by atoms with Gasteiger partial charge in [0.1, 0.15) is 0 Å². The minimum atomic E-state index is -0.356. The molecule has 0 radical (unpaired) electrons. The number of aryl methyl sites for hydroxylation is 1. The molecule has 0 aliphatic carbocycles. The summed E-state index contributed by atoms with van der Waals surface area (Å²) in [4.78, 5) is 23.5. The van der Waals surface area contributed by atoms with E-state index in [4.69, 9.17) is 9.15 Å². The molecular formula is C25H28N4O3. The highest BCUT2D eigenvalue weighted by atomic mass is 16.5. The van der Waals surface area contributed by atoms with Gasteiger partial charge in [-0.1, -0.05) is 31.2 Å². The van der Waals surface area contributed by atoms with Crippen molar-refractivity contribution in [3.05, 3.63) is 76.5 Å². The third-order valence-electron chi connectivity index (χ3n) is 5.31.